The number of nitrogens with one attached hydrogen (secondary N) is 1. The van der Waals surface area contributed by atoms with Crippen LogP contribution < -0.4 is 10.1 Å². The second-order valence-electron chi connectivity index (χ2n) is 5.46. The summed E-state index contributed by atoms with van der Waals surface area (Å²) in [5, 5.41) is 3.49. The first-order chi connectivity index (χ1) is 11.5. The van der Waals surface area contributed by atoms with E-state index in [1.54, 1.807) is 49.8 Å². The molecular formula is C19H24ClNO3. The molecule has 1 N–H and O–H groups in total. The van der Waals surface area contributed by atoms with Crippen LogP contribution in [0.3, 0.4) is 0 Å². The van der Waals surface area contributed by atoms with Crippen molar-refractivity contribution in [1.82, 2.24) is 5.32 Å². The van der Waals surface area contributed by atoms with Crippen LogP contribution >= 0.6 is 11.6 Å². The quantitative estimate of drug-likeness (QED) is 0.538. The normalized spacial score (nSPS) is 13.0. The third-order valence-electron chi connectivity index (χ3n) is 3.19. The summed E-state index contributed by atoms with van der Waals surface area (Å²) in [7, 11) is 1.57. The van der Waals surface area contributed by atoms with E-state index in [1.165, 1.54) is 0 Å². The summed E-state index contributed by atoms with van der Waals surface area (Å²) in [5.74, 6) is 0.449. The Morgan fingerprint density at radius 1 is 1.33 bits per heavy atom. The highest BCUT2D eigenvalue weighted by Crippen LogP contribution is 2.19. The molecule has 5 heteroatoms. The molecule has 0 heterocycles. The molecule has 4 nitrogen and oxygen atoms in total. The lowest BCUT2D eigenvalue weighted by atomic mass is 10.1. The van der Waals surface area contributed by atoms with Crippen LogP contribution in [0.25, 0.3) is 0 Å². The number of rotatable bonds is 9. The standard InChI is InChI=1S/C19H24ClNO3/c1-5-15(7-6-12-23-4)13-21-19(22)18(14(2)3)24-17-10-8-16(20)9-11-17/h5-12,14,18H,1,13H2,2-4H3,(H,21,22)/b12-6+,15-7+. The van der Waals surface area contributed by atoms with Gasteiger partial charge in [0.15, 0.2) is 6.10 Å². The molecule has 1 rings (SSSR count). The average molecular weight is 350 g/mol. The Bertz CT molecular complexity index is 591. The molecule has 1 aromatic rings. The molecule has 0 aliphatic carbocycles. The van der Waals surface area contributed by atoms with E-state index in [2.05, 4.69) is 11.9 Å². The zero-order chi connectivity index (χ0) is 17.9. The van der Waals surface area contributed by atoms with Gasteiger partial charge in [-0.05, 0) is 41.8 Å². The third-order valence-corrected chi connectivity index (χ3v) is 3.45. The van der Waals surface area contributed by atoms with Crippen molar-refractivity contribution < 1.29 is 14.3 Å². The van der Waals surface area contributed by atoms with Crippen molar-refractivity contribution in [2.45, 2.75) is 20.0 Å². The Labute approximate surface area is 148 Å². The predicted octanol–water partition coefficient (Wildman–Crippen LogP) is 4.13. The van der Waals surface area contributed by atoms with Crippen LogP contribution in [-0.4, -0.2) is 25.7 Å². The smallest absolute Gasteiger partial charge is 0.261 e. The highest BCUT2D eigenvalue weighted by molar-refractivity contribution is 6.30. The third kappa shape index (κ3) is 6.92. The summed E-state index contributed by atoms with van der Waals surface area (Å²) < 4.78 is 10.6. The van der Waals surface area contributed by atoms with Gasteiger partial charge in [-0.3, -0.25) is 4.79 Å². The average Bonchev–Trinajstić information content (AvgIpc) is 2.56. The number of halogens is 1. The van der Waals surface area contributed by atoms with Gasteiger partial charge in [0, 0.05) is 11.6 Å². The van der Waals surface area contributed by atoms with Crippen molar-refractivity contribution in [2.24, 2.45) is 5.92 Å². The Kier molecular flexibility index (Phi) is 8.72. The number of amides is 1. The van der Waals surface area contributed by atoms with Crippen molar-refractivity contribution in [2.75, 3.05) is 13.7 Å². The number of allylic oxidation sites excluding steroid dienone is 2. The number of carbonyl (C=O) groups is 1. The molecule has 0 spiro atoms. The summed E-state index contributed by atoms with van der Waals surface area (Å²) in [6, 6.07) is 6.95. The van der Waals surface area contributed by atoms with Gasteiger partial charge in [-0.2, -0.15) is 0 Å². The molecule has 0 bridgehead atoms. The van der Waals surface area contributed by atoms with E-state index >= 15 is 0 Å². The van der Waals surface area contributed by atoms with Crippen molar-refractivity contribution in [3.05, 3.63) is 65.9 Å². The van der Waals surface area contributed by atoms with Crippen molar-refractivity contribution in [1.29, 1.82) is 0 Å². The van der Waals surface area contributed by atoms with Gasteiger partial charge in [0.1, 0.15) is 5.75 Å². The minimum atomic E-state index is -0.591. The monoisotopic (exact) mass is 349 g/mol. The van der Waals surface area contributed by atoms with Crippen LogP contribution in [0.4, 0.5) is 0 Å². The zero-order valence-electron chi connectivity index (χ0n) is 14.3. The highest BCUT2D eigenvalue weighted by atomic mass is 35.5. The van der Waals surface area contributed by atoms with Gasteiger partial charge in [-0.1, -0.05) is 44.2 Å². The van der Waals surface area contributed by atoms with E-state index < -0.39 is 6.10 Å². The minimum absolute atomic E-state index is 0.0187. The molecule has 0 aromatic heterocycles. The fourth-order valence-corrected chi connectivity index (χ4v) is 2.01. The van der Waals surface area contributed by atoms with Crippen LogP contribution in [0.1, 0.15) is 13.8 Å². The molecule has 0 aliphatic rings. The molecule has 1 unspecified atom stereocenters. The number of ether oxygens (including phenoxy) is 2. The first kappa shape index (κ1) is 19.8. The molecule has 1 amide bonds. The van der Waals surface area contributed by atoms with Crippen LogP contribution in [0.5, 0.6) is 5.75 Å². The van der Waals surface area contributed by atoms with Crippen molar-refractivity contribution in [3.8, 4) is 5.75 Å². The summed E-state index contributed by atoms with van der Waals surface area (Å²) in [5.41, 5.74) is 0.866. The number of hydrogen-bond acceptors (Lipinski definition) is 3. The molecule has 24 heavy (non-hydrogen) atoms. The zero-order valence-corrected chi connectivity index (χ0v) is 15.0. The lowest BCUT2D eigenvalue weighted by Crippen LogP contribution is -2.42. The van der Waals surface area contributed by atoms with Crippen molar-refractivity contribution in [3.63, 3.8) is 0 Å². The van der Waals surface area contributed by atoms with Gasteiger partial charge in [-0.15, -0.1) is 0 Å². The SMILES string of the molecule is C=C/C(=C\C=C\OC)CNC(=O)C(Oc1ccc(Cl)cc1)C(C)C. The maximum Gasteiger partial charge on any atom is 0.261 e. The summed E-state index contributed by atoms with van der Waals surface area (Å²) >= 11 is 5.86. The van der Waals surface area contributed by atoms with Crippen molar-refractivity contribution >= 4 is 17.5 Å². The number of methoxy groups -OCH3 is 1. The number of benzene rings is 1. The Balaban J connectivity index is 2.69. The van der Waals surface area contributed by atoms with Gasteiger partial charge in [0.2, 0.25) is 0 Å². The van der Waals surface area contributed by atoms with Crippen LogP contribution in [0, 0.1) is 5.92 Å². The van der Waals surface area contributed by atoms with E-state index in [-0.39, 0.29) is 11.8 Å². The summed E-state index contributed by atoms with van der Waals surface area (Å²) in [6.45, 7) is 7.97. The van der Waals surface area contributed by atoms with E-state index in [0.29, 0.717) is 17.3 Å². The fourth-order valence-electron chi connectivity index (χ4n) is 1.88. The molecule has 0 saturated heterocycles. The lowest BCUT2D eigenvalue weighted by Gasteiger charge is -2.22. The first-order valence-electron chi connectivity index (χ1n) is 7.68. The fraction of sp³-hybridized carbons (Fsp3) is 0.316. The number of carbonyl (C=O) groups excluding carboxylic acids is 1. The molecule has 0 fully saturated rings. The summed E-state index contributed by atoms with van der Waals surface area (Å²) in [4.78, 5) is 12.4. The Hall–Kier alpha value is -2.20. The van der Waals surface area contributed by atoms with E-state index in [1.807, 2.05) is 19.9 Å². The van der Waals surface area contributed by atoms with E-state index in [9.17, 15) is 4.79 Å². The van der Waals surface area contributed by atoms with Crippen LogP contribution in [-0.2, 0) is 9.53 Å². The number of hydrogen-bond donors (Lipinski definition) is 1. The minimum Gasteiger partial charge on any atom is -0.504 e. The highest BCUT2D eigenvalue weighted by Gasteiger charge is 2.24. The molecule has 1 atom stereocenters. The maximum absolute atomic E-state index is 12.4. The largest absolute Gasteiger partial charge is 0.504 e. The molecule has 130 valence electrons. The molecule has 0 radical (unpaired) electrons. The molecule has 0 saturated carbocycles. The van der Waals surface area contributed by atoms with Crippen LogP contribution in [0.15, 0.2) is 60.9 Å². The molecular weight excluding hydrogens is 326 g/mol. The second kappa shape index (κ2) is 10.6. The van der Waals surface area contributed by atoms with Crippen LogP contribution in [0.2, 0.25) is 5.02 Å². The van der Waals surface area contributed by atoms with Gasteiger partial charge in [-0.25, -0.2) is 0 Å². The predicted molar refractivity (Wildman–Crippen MR) is 98.1 cm³/mol. The van der Waals surface area contributed by atoms with Gasteiger partial charge in [0.25, 0.3) is 5.91 Å². The molecule has 0 aliphatic heterocycles. The van der Waals surface area contributed by atoms with Gasteiger partial charge in [0.05, 0.1) is 13.4 Å². The molecule has 1 aromatic carbocycles. The van der Waals surface area contributed by atoms with E-state index in [4.69, 9.17) is 21.1 Å². The Morgan fingerprint density at radius 2 is 2.00 bits per heavy atom. The topological polar surface area (TPSA) is 47.6 Å². The summed E-state index contributed by atoms with van der Waals surface area (Å²) in [6.07, 6.45) is 6.21. The lowest BCUT2D eigenvalue weighted by molar-refractivity contribution is -0.129. The maximum atomic E-state index is 12.4. The Morgan fingerprint density at radius 3 is 2.54 bits per heavy atom. The van der Waals surface area contributed by atoms with Gasteiger partial charge >= 0.3 is 0 Å². The second-order valence-corrected chi connectivity index (χ2v) is 5.90. The first-order valence-corrected chi connectivity index (χ1v) is 8.06. The van der Waals surface area contributed by atoms with Gasteiger partial charge < -0.3 is 14.8 Å². The van der Waals surface area contributed by atoms with E-state index in [0.717, 1.165) is 5.57 Å².